The highest BCUT2D eigenvalue weighted by Crippen LogP contribution is 2.16. The lowest BCUT2D eigenvalue weighted by molar-refractivity contribution is 0.102. The number of aromatic nitrogens is 4. The molecular formula is C12H15N5O2. The second kappa shape index (κ2) is 5.47. The molecule has 0 saturated carbocycles. The van der Waals surface area contributed by atoms with E-state index in [2.05, 4.69) is 20.4 Å². The highest BCUT2D eigenvalue weighted by atomic mass is 16.2. The van der Waals surface area contributed by atoms with Gasteiger partial charge >= 0.3 is 0 Å². The summed E-state index contributed by atoms with van der Waals surface area (Å²) in [6.07, 6.45) is 4.88. The predicted octanol–water partition coefficient (Wildman–Crippen LogP) is 1.19. The van der Waals surface area contributed by atoms with E-state index in [-0.39, 0.29) is 23.2 Å². The lowest BCUT2D eigenvalue weighted by Crippen LogP contribution is -2.20. The fourth-order valence-corrected chi connectivity index (χ4v) is 1.58. The van der Waals surface area contributed by atoms with E-state index in [9.17, 15) is 9.59 Å². The van der Waals surface area contributed by atoms with E-state index >= 15 is 0 Å². The van der Waals surface area contributed by atoms with Crippen LogP contribution in [0.4, 0.5) is 5.82 Å². The molecule has 0 spiro atoms. The summed E-state index contributed by atoms with van der Waals surface area (Å²) < 4.78 is 1.74. The van der Waals surface area contributed by atoms with E-state index in [0.717, 1.165) is 12.6 Å². The van der Waals surface area contributed by atoms with Crippen molar-refractivity contribution < 1.29 is 4.79 Å². The molecular weight excluding hydrogens is 246 g/mol. The third-order valence-electron chi connectivity index (χ3n) is 2.82. The first-order valence-electron chi connectivity index (χ1n) is 6.01. The van der Waals surface area contributed by atoms with Crippen molar-refractivity contribution in [1.82, 2.24) is 19.7 Å². The number of nitrogens with zero attached hydrogens (tertiary/aromatic N) is 3. The summed E-state index contributed by atoms with van der Waals surface area (Å²) in [7, 11) is 0. The Hall–Kier alpha value is -2.44. The minimum atomic E-state index is -0.388. The average molecular weight is 261 g/mol. The molecule has 0 radical (unpaired) electrons. The molecule has 1 atom stereocenters. The predicted molar refractivity (Wildman–Crippen MR) is 70.0 cm³/mol. The fourth-order valence-electron chi connectivity index (χ4n) is 1.58. The molecule has 19 heavy (non-hydrogen) atoms. The van der Waals surface area contributed by atoms with Crippen molar-refractivity contribution in [2.24, 2.45) is 0 Å². The van der Waals surface area contributed by atoms with E-state index in [1.807, 2.05) is 13.8 Å². The van der Waals surface area contributed by atoms with Gasteiger partial charge in [-0.1, -0.05) is 6.92 Å². The van der Waals surface area contributed by atoms with Gasteiger partial charge in [-0.3, -0.25) is 9.59 Å². The number of hydrogen-bond acceptors (Lipinski definition) is 4. The largest absolute Gasteiger partial charge is 0.325 e. The SMILES string of the molecule is CCC(C)n1nccc1NC(=O)c1c[nH]c(=O)cn1. The maximum Gasteiger partial charge on any atom is 0.276 e. The van der Waals surface area contributed by atoms with Crippen molar-refractivity contribution in [1.29, 1.82) is 0 Å². The number of anilines is 1. The summed E-state index contributed by atoms with van der Waals surface area (Å²) in [6.45, 7) is 4.06. The van der Waals surface area contributed by atoms with Gasteiger partial charge in [0.15, 0.2) is 0 Å². The molecule has 100 valence electrons. The van der Waals surface area contributed by atoms with Crippen LogP contribution >= 0.6 is 0 Å². The number of H-pyrrole nitrogens is 1. The summed E-state index contributed by atoms with van der Waals surface area (Å²) in [5.41, 5.74) is -0.197. The topological polar surface area (TPSA) is 92.7 Å². The summed E-state index contributed by atoms with van der Waals surface area (Å²) in [4.78, 5) is 29.0. The van der Waals surface area contributed by atoms with Gasteiger partial charge in [0.1, 0.15) is 11.5 Å². The van der Waals surface area contributed by atoms with Crippen molar-refractivity contribution in [3.05, 3.63) is 40.7 Å². The monoisotopic (exact) mass is 261 g/mol. The Kier molecular flexibility index (Phi) is 3.74. The third kappa shape index (κ3) is 2.87. The van der Waals surface area contributed by atoms with Crippen LogP contribution in [0.1, 0.15) is 36.8 Å². The van der Waals surface area contributed by atoms with Crippen LogP contribution in [0.15, 0.2) is 29.5 Å². The highest BCUT2D eigenvalue weighted by Gasteiger charge is 2.13. The Morgan fingerprint density at radius 3 is 3.00 bits per heavy atom. The zero-order valence-electron chi connectivity index (χ0n) is 10.8. The van der Waals surface area contributed by atoms with E-state index < -0.39 is 0 Å². The summed E-state index contributed by atoms with van der Waals surface area (Å²) in [6, 6.07) is 1.91. The van der Waals surface area contributed by atoms with Gasteiger partial charge in [-0.2, -0.15) is 5.10 Å². The van der Waals surface area contributed by atoms with Gasteiger partial charge in [0, 0.05) is 12.3 Å². The molecule has 0 aliphatic carbocycles. The molecule has 0 aliphatic heterocycles. The summed E-state index contributed by atoms with van der Waals surface area (Å²) in [5, 5.41) is 6.89. The fraction of sp³-hybridized carbons (Fsp3) is 0.333. The van der Waals surface area contributed by atoms with Crippen LogP contribution in [0.3, 0.4) is 0 Å². The first-order valence-corrected chi connectivity index (χ1v) is 6.01. The van der Waals surface area contributed by atoms with Gasteiger partial charge in [0.25, 0.3) is 11.5 Å². The number of nitrogens with one attached hydrogen (secondary N) is 2. The molecule has 2 rings (SSSR count). The van der Waals surface area contributed by atoms with Gasteiger partial charge in [0.05, 0.1) is 18.4 Å². The number of carbonyl (C=O) groups excluding carboxylic acids is 1. The zero-order chi connectivity index (χ0) is 13.8. The van der Waals surface area contributed by atoms with Gasteiger partial charge < -0.3 is 10.3 Å². The van der Waals surface area contributed by atoms with Crippen molar-refractivity contribution in [3.8, 4) is 0 Å². The van der Waals surface area contributed by atoms with Gasteiger partial charge in [-0.25, -0.2) is 9.67 Å². The molecule has 2 aromatic heterocycles. The van der Waals surface area contributed by atoms with E-state index in [0.29, 0.717) is 5.82 Å². The second-order valence-corrected chi connectivity index (χ2v) is 4.17. The number of amides is 1. The molecule has 7 heteroatoms. The summed E-state index contributed by atoms with van der Waals surface area (Å²) in [5.74, 6) is 0.216. The normalized spacial score (nSPS) is 12.1. The van der Waals surface area contributed by atoms with Crippen LogP contribution in [0.5, 0.6) is 0 Å². The van der Waals surface area contributed by atoms with E-state index in [4.69, 9.17) is 0 Å². The van der Waals surface area contributed by atoms with Crippen LogP contribution in [-0.4, -0.2) is 25.7 Å². The molecule has 2 N–H and O–H groups in total. The minimum Gasteiger partial charge on any atom is -0.325 e. The Morgan fingerprint density at radius 2 is 2.37 bits per heavy atom. The lowest BCUT2D eigenvalue weighted by Gasteiger charge is -2.13. The number of carbonyl (C=O) groups is 1. The van der Waals surface area contributed by atoms with Crippen LogP contribution in [-0.2, 0) is 0 Å². The van der Waals surface area contributed by atoms with Crippen molar-refractivity contribution in [2.75, 3.05) is 5.32 Å². The Labute approximate surface area is 109 Å². The molecule has 7 nitrogen and oxygen atoms in total. The smallest absolute Gasteiger partial charge is 0.276 e. The first-order chi connectivity index (χ1) is 9.11. The molecule has 2 heterocycles. The standard InChI is InChI=1S/C12H15N5O2/c1-3-8(2)17-10(4-5-15-17)16-12(19)9-6-14-11(18)7-13-9/h4-8H,3H2,1-2H3,(H,14,18)(H,16,19). The molecule has 0 bridgehead atoms. The van der Waals surface area contributed by atoms with Crippen LogP contribution in [0, 0.1) is 0 Å². The lowest BCUT2D eigenvalue weighted by atomic mass is 10.3. The second-order valence-electron chi connectivity index (χ2n) is 4.17. The number of rotatable bonds is 4. The van der Waals surface area contributed by atoms with Gasteiger partial charge in [0.2, 0.25) is 0 Å². The Balaban J connectivity index is 2.17. The molecule has 2 aromatic rings. The number of aromatic amines is 1. The first kappa shape index (κ1) is 13.0. The van der Waals surface area contributed by atoms with Crippen LogP contribution in [0.25, 0.3) is 0 Å². The summed E-state index contributed by atoms with van der Waals surface area (Å²) >= 11 is 0. The molecule has 1 amide bonds. The molecule has 0 saturated heterocycles. The van der Waals surface area contributed by atoms with Gasteiger partial charge in [-0.05, 0) is 13.3 Å². The third-order valence-corrected chi connectivity index (χ3v) is 2.82. The van der Waals surface area contributed by atoms with Crippen molar-refractivity contribution >= 4 is 11.7 Å². The maximum atomic E-state index is 11.9. The van der Waals surface area contributed by atoms with Crippen LogP contribution in [0.2, 0.25) is 0 Å². The molecule has 0 fully saturated rings. The average Bonchev–Trinajstić information content (AvgIpc) is 2.86. The molecule has 0 aliphatic rings. The highest BCUT2D eigenvalue weighted by molar-refractivity contribution is 6.02. The molecule has 1 unspecified atom stereocenters. The van der Waals surface area contributed by atoms with Gasteiger partial charge in [-0.15, -0.1) is 0 Å². The quantitative estimate of drug-likeness (QED) is 0.864. The van der Waals surface area contributed by atoms with Crippen molar-refractivity contribution in [3.63, 3.8) is 0 Å². The maximum absolute atomic E-state index is 11.9. The van der Waals surface area contributed by atoms with Crippen LogP contribution < -0.4 is 10.9 Å². The van der Waals surface area contributed by atoms with Crippen molar-refractivity contribution in [2.45, 2.75) is 26.3 Å². The number of hydrogen-bond donors (Lipinski definition) is 2. The Bertz CT molecular complexity index is 611. The minimum absolute atomic E-state index is 0.150. The zero-order valence-corrected chi connectivity index (χ0v) is 10.8. The van der Waals surface area contributed by atoms with E-state index in [1.54, 1.807) is 16.9 Å². The Morgan fingerprint density at radius 1 is 1.58 bits per heavy atom. The molecule has 0 aromatic carbocycles. The van der Waals surface area contributed by atoms with E-state index in [1.165, 1.54) is 6.20 Å².